The maximum Gasteiger partial charge on any atom is 0.227 e. The zero-order valence-corrected chi connectivity index (χ0v) is 12.9. The normalized spacial score (nSPS) is 17.5. The van der Waals surface area contributed by atoms with Crippen LogP contribution in [0.15, 0.2) is 24.3 Å². The average molecular weight is 303 g/mol. The molecule has 0 spiro atoms. The van der Waals surface area contributed by atoms with Gasteiger partial charge in [0, 0.05) is 37.8 Å². The van der Waals surface area contributed by atoms with Crippen LogP contribution in [0.25, 0.3) is 0 Å². The summed E-state index contributed by atoms with van der Waals surface area (Å²) in [5.41, 5.74) is 1.42. The third-order valence-electron chi connectivity index (χ3n) is 3.54. The van der Waals surface area contributed by atoms with Crippen molar-refractivity contribution in [2.75, 3.05) is 23.3 Å². The summed E-state index contributed by atoms with van der Waals surface area (Å²) in [4.78, 5) is 36.7. The summed E-state index contributed by atoms with van der Waals surface area (Å²) in [7, 11) is 0. The van der Waals surface area contributed by atoms with Crippen molar-refractivity contribution in [1.29, 1.82) is 0 Å². The van der Waals surface area contributed by atoms with Gasteiger partial charge in [-0.1, -0.05) is 6.92 Å². The zero-order chi connectivity index (χ0) is 16.1. The van der Waals surface area contributed by atoms with Gasteiger partial charge in [0.15, 0.2) is 0 Å². The molecular formula is C16H21N3O3. The van der Waals surface area contributed by atoms with Gasteiger partial charge >= 0.3 is 0 Å². The Kier molecular flexibility index (Phi) is 5.14. The minimum absolute atomic E-state index is 0.0519. The Morgan fingerprint density at radius 1 is 1.27 bits per heavy atom. The summed E-state index contributed by atoms with van der Waals surface area (Å²) >= 11 is 0. The molecule has 0 radical (unpaired) electrons. The van der Waals surface area contributed by atoms with Crippen LogP contribution in [-0.4, -0.2) is 30.8 Å². The third kappa shape index (κ3) is 3.84. The predicted molar refractivity (Wildman–Crippen MR) is 84.5 cm³/mol. The van der Waals surface area contributed by atoms with Gasteiger partial charge in [-0.15, -0.1) is 0 Å². The lowest BCUT2D eigenvalue weighted by atomic mass is 10.1. The van der Waals surface area contributed by atoms with Gasteiger partial charge in [0.2, 0.25) is 17.7 Å². The van der Waals surface area contributed by atoms with Crippen LogP contribution < -0.4 is 15.5 Å². The summed E-state index contributed by atoms with van der Waals surface area (Å²) < 4.78 is 0. The zero-order valence-electron chi connectivity index (χ0n) is 12.9. The summed E-state index contributed by atoms with van der Waals surface area (Å²) in [6, 6.07) is 7.04. The molecule has 0 bridgehead atoms. The lowest BCUT2D eigenvalue weighted by molar-refractivity contribution is -0.126. The lowest BCUT2D eigenvalue weighted by Crippen LogP contribution is -2.33. The molecule has 3 amide bonds. The first-order valence-corrected chi connectivity index (χ1v) is 7.47. The highest BCUT2D eigenvalue weighted by atomic mass is 16.2. The molecule has 2 rings (SSSR count). The topological polar surface area (TPSA) is 78.5 Å². The van der Waals surface area contributed by atoms with E-state index in [4.69, 9.17) is 0 Å². The Morgan fingerprint density at radius 2 is 1.95 bits per heavy atom. The molecule has 0 saturated carbocycles. The Morgan fingerprint density at radius 3 is 2.55 bits per heavy atom. The largest absolute Gasteiger partial charge is 0.356 e. The summed E-state index contributed by atoms with van der Waals surface area (Å²) in [5.74, 6) is -0.553. The van der Waals surface area contributed by atoms with Crippen LogP contribution in [0.2, 0.25) is 0 Å². The van der Waals surface area contributed by atoms with Crippen LogP contribution >= 0.6 is 0 Å². The molecule has 1 fully saturated rings. The molecule has 1 saturated heterocycles. The van der Waals surface area contributed by atoms with Crippen molar-refractivity contribution in [2.45, 2.75) is 26.7 Å². The molecule has 2 N–H and O–H groups in total. The monoisotopic (exact) mass is 303 g/mol. The van der Waals surface area contributed by atoms with Gasteiger partial charge in [0.25, 0.3) is 0 Å². The molecule has 1 heterocycles. The SMILES string of the molecule is CCCNC(=O)[C@H]1CC(=O)N(c2ccc(NC(C)=O)cc2)C1. The first kappa shape index (κ1) is 16.0. The number of hydrogen-bond acceptors (Lipinski definition) is 3. The van der Waals surface area contributed by atoms with Crippen molar-refractivity contribution in [1.82, 2.24) is 5.32 Å². The number of carbonyl (C=O) groups is 3. The van der Waals surface area contributed by atoms with E-state index in [9.17, 15) is 14.4 Å². The third-order valence-corrected chi connectivity index (χ3v) is 3.54. The molecule has 1 aliphatic heterocycles. The average Bonchev–Trinajstić information content (AvgIpc) is 2.87. The van der Waals surface area contributed by atoms with E-state index in [0.717, 1.165) is 12.1 Å². The van der Waals surface area contributed by atoms with Gasteiger partial charge in [-0.25, -0.2) is 0 Å². The molecule has 0 unspecified atom stereocenters. The summed E-state index contributed by atoms with van der Waals surface area (Å²) in [6.07, 6.45) is 1.11. The first-order valence-electron chi connectivity index (χ1n) is 7.47. The second kappa shape index (κ2) is 7.06. The fraction of sp³-hybridized carbons (Fsp3) is 0.438. The standard InChI is InChI=1S/C16H21N3O3/c1-3-8-17-16(22)12-9-15(21)19(10-12)14-6-4-13(5-7-14)18-11(2)20/h4-7,12H,3,8-10H2,1-2H3,(H,17,22)(H,18,20)/t12-/m0/s1. The Bertz CT molecular complexity index is 569. The fourth-order valence-corrected chi connectivity index (χ4v) is 2.45. The molecule has 6 nitrogen and oxygen atoms in total. The summed E-state index contributed by atoms with van der Waals surface area (Å²) in [5, 5.41) is 5.51. The number of rotatable bonds is 5. The highest BCUT2D eigenvalue weighted by molar-refractivity contribution is 6.00. The van der Waals surface area contributed by atoms with E-state index >= 15 is 0 Å². The van der Waals surface area contributed by atoms with Gasteiger partial charge in [-0.3, -0.25) is 14.4 Å². The number of nitrogens with zero attached hydrogens (tertiary/aromatic N) is 1. The van der Waals surface area contributed by atoms with Crippen molar-refractivity contribution in [3.05, 3.63) is 24.3 Å². The number of anilines is 2. The van der Waals surface area contributed by atoms with Crippen LogP contribution in [-0.2, 0) is 14.4 Å². The van der Waals surface area contributed by atoms with Gasteiger partial charge in [0.05, 0.1) is 5.92 Å². The molecule has 1 aliphatic rings. The van der Waals surface area contributed by atoms with E-state index in [1.165, 1.54) is 6.92 Å². The van der Waals surface area contributed by atoms with Crippen molar-refractivity contribution < 1.29 is 14.4 Å². The van der Waals surface area contributed by atoms with Crippen LogP contribution in [0.3, 0.4) is 0 Å². The highest BCUT2D eigenvalue weighted by Gasteiger charge is 2.34. The fourth-order valence-electron chi connectivity index (χ4n) is 2.45. The van der Waals surface area contributed by atoms with Gasteiger partial charge < -0.3 is 15.5 Å². The molecule has 118 valence electrons. The second-order valence-corrected chi connectivity index (χ2v) is 5.42. The second-order valence-electron chi connectivity index (χ2n) is 5.42. The van der Waals surface area contributed by atoms with Crippen LogP contribution in [0, 0.1) is 5.92 Å². The van der Waals surface area contributed by atoms with Crippen molar-refractivity contribution >= 4 is 29.1 Å². The molecule has 0 aliphatic carbocycles. The number of carbonyl (C=O) groups excluding carboxylic acids is 3. The Labute approximate surface area is 129 Å². The van der Waals surface area contributed by atoms with E-state index in [-0.39, 0.29) is 30.1 Å². The van der Waals surface area contributed by atoms with Gasteiger partial charge in [0.1, 0.15) is 0 Å². The van der Waals surface area contributed by atoms with E-state index in [2.05, 4.69) is 10.6 Å². The van der Waals surface area contributed by atoms with Crippen molar-refractivity contribution in [3.63, 3.8) is 0 Å². The predicted octanol–water partition coefficient (Wildman–Crippen LogP) is 1.52. The van der Waals surface area contributed by atoms with Crippen LogP contribution in [0.1, 0.15) is 26.7 Å². The molecule has 22 heavy (non-hydrogen) atoms. The van der Waals surface area contributed by atoms with Crippen LogP contribution in [0.4, 0.5) is 11.4 Å². The Hall–Kier alpha value is -2.37. The van der Waals surface area contributed by atoms with E-state index in [0.29, 0.717) is 18.8 Å². The van der Waals surface area contributed by atoms with Crippen molar-refractivity contribution in [3.8, 4) is 0 Å². The van der Waals surface area contributed by atoms with Crippen LogP contribution in [0.5, 0.6) is 0 Å². The lowest BCUT2D eigenvalue weighted by Gasteiger charge is -2.17. The van der Waals surface area contributed by atoms with Crippen molar-refractivity contribution in [2.24, 2.45) is 5.92 Å². The van der Waals surface area contributed by atoms with Gasteiger partial charge in [-0.05, 0) is 30.7 Å². The molecule has 1 aromatic rings. The maximum atomic E-state index is 12.1. The number of nitrogens with one attached hydrogen (secondary N) is 2. The number of benzene rings is 1. The maximum absolute atomic E-state index is 12.1. The molecular weight excluding hydrogens is 282 g/mol. The highest BCUT2D eigenvalue weighted by Crippen LogP contribution is 2.26. The number of hydrogen-bond donors (Lipinski definition) is 2. The van der Waals surface area contributed by atoms with Gasteiger partial charge in [-0.2, -0.15) is 0 Å². The quantitative estimate of drug-likeness (QED) is 0.865. The Balaban J connectivity index is 2.02. The minimum atomic E-state index is -0.297. The van der Waals surface area contributed by atoms with E-state index < -0.39 is 0 Å². The summed E-state index contributed by atoms with van der Waals surface area (Å²) in [6.45, 7) is 4.46. The number of amides is 3. The molecule has 1 aromatic carbocycles. The molecule has 6 heteroatoms. The van der Waals surface area contributed by atoms with E-state index in [1.54, 1.807) is 29.2 Å². The first-order chi connectivity index (χ1) is 10.5. The smallest absolute Gasteiger partial charge is 0.227 e. The van der Waals surface area contributed by atoms with E-state index in [1.807, 2.05) is 6.92 Å². The molecule has 0 aromatic heterocycles. The molecule has 1 atom stereocenters. The minimum Gasteiger partial charge on any atom is -0.356 e.